The van der Waals surface area contributed by atoms with Gasteiger partial charge in [0, 0.05) is 6.42 Å². The molecule has 0 atom stereocenters. The summed E-state index contributed by atoms with van der Waals surface area (Å²) in [5, 5.41) is 0. The van der Waals surface area contributed by atoms with Crippen molar-refractivity contribution in [2.45, 2.75) is 13.3 Å². The van der Waals surface area contributed by atoms with Crippen molar-refractivity contribution in [1.82, 2.24) is 0 Å². The van der Waals surface area contributed by atoms with E-state index in [0.29, 0.717) is 0 Å². The Morgan fingerprint density at radius 2 is 2.11 bits per heavy atom. The third-order valence-electron chi connectivity index (χ3n) is 0.487. The molecule has 0 unspecified atom stereocenters. The van der Waals surface area contributed by atoms with Crippen LogP contribution in [0.15, 0.2) is 0 Å². The van der Waals surface area contributed by atoms with Gasteiger partial charge in [-0.3, -0.25) is 9.35 Å². The largest absolute Gasteiger partial charge is 0.448 e. The van der Waals surface area contributed by atoms with Gasteiger partial charge in [0.1, 0.15) is 0 Å². The number of carbonyl (C=O) groups excluding carboxylic acids is 1. The van der Waals surface area contributed by atoms with Gasteiger partial charge >= 0.3 is 16.4 Å². The third kappa shape index (κ3) is 5.25. The number of rotatable bonds is 2. The van der Waals surface area contributed by atoms with Crippen LogP contribution in [0.3, 0.4) is 0 Å². The molecular weight excluding hydrogens is 148 g/mol. The zero-order chi connectivity index (χ0) is 7.49. The third-order valence-corrected chi connectivity index (χ3v) is 0.883. The lowest BCUT2D eigenvalue weighted by Crippen LogP contribution is -2.09. The Hall–Kier alpha value is -0.620. The standard InChI is InChI=1S/C3H6O5S/c1-2-3(4)8-9(5,6)7/h2H2,1H3,(H,5,6,7). The van der Waals surface area contributed by atoms with Crippen molar-refractivity contribution in [1.29, 1.82) is 0 Å². The predicted octanol–water partition coefficient (Wildman–Crippen LogP) is -0.258. The second kappa shape index (κ2) is 2.79. The van der Waals surface area contributed by atoms with Gasteiger partial charge in [-0.15, -0.1) is 0 Å². The first-order chi connectivity index (χ1) is 3.95. The SMILES string of the molecule is CCC(=O)OS(=O)(=O)O. The summed E-state index contributed by atoms with van der Waals surface area (Å²) in [5.74, 6) is -0.975. The summed E-state index contributed by atoms with van der Waals surface area (Å²) in [5.41, 5.74) is 0. The molecule has 54 valence electrons. The average molecular weight is 154 g/mol. The van der Waals surface area contributed by atoms with E-state index in [-0.39, 0.29) is 6.42 Å². The molecule has 0 radical (unpaired) electrons. The molecule has 0 bridgehead atoms. The van der Waals surface area contributed by atoms with Crippen molar-refractivity contribution >= 4 is 16.4 Å². The number of hydrogen-bond acceptors (Lipinski definition) is 4. The molecule has 0 aliphatic rings. The molecule has 0 amide bonds. The molecule has 0 aromatic rings. The van der Waals surface area contributed by atoms with Crippen molar-refractivity contribution in [3.8, 4) is 0 Å². The molecule has 0 rings (SSSR count). The van der Waals surface area contributed by atoms with E-state index in [1.165, 1.54) is 6.92 Å². The molecule has 0 aliphatic heterocycles. The molecule has 0 aromatic carbocycles. The summed E-state index contributed by atoms with van der Waals surface area (Å²) in [6.07, 6.45) is -0.0835. The summed E-state index contributed by atoms with van der Waals surface area (Å²) in [7, 11) is -4.58. The van der Waals surface area contributed by atoms with Gasteiger partial charge in [-0.25, -0.2) is 0 Å². The Balaban J connectivity index is 3.91. The molecule has 1 N–H and O–H groups in total. The topological polar surface area (TPSA) is 80.7 Å². The smallest absolute Gasteiger partial charge is 0.325 e. The molecule has 0 saturated heterocycles. The second-order valence-corrected chi connectivity index (χ2v) is 2.26. The molecule has 9 heavy (non-hydrogen) atoms. The lowest BCUT2D eigenvalue weighted by molar-refractivity contribution is -0.133. The van der Waals surface area contributed by atoms with Crippen LogP contribution in [0.5, 0.6) is 0 Å². The highest BCUT2D eigenvalue weighted by Crippen LogP contribution is 1.89. The minimum absolute atomic E-state index is 0.0835. The summed E-state index contributed by atoms with van der Waals surface area (Å²) in [6, 6.07) is 0. The Kier molecular flexibility index (Phi) is 2.60. The van der Waals surface area contributed by atoms with Gasteiger partial charge in [-0.2, -0.15) is 8.42 Å². The Morgan fingerprint density at radius 3 is 2.22 bits per heavy atom. The van der Waals surface area contributed by atoms with Crippen LogP contribution >= 0.6 is 0 Å². The average Bonchev–Trinajstić information content (AvgIpc) is 1.62. The highest BCUT2D eigenvalue weighted by atomic mass is 32.3. The van der Waals surface area contributed by atoms with Crippen LogP contribution in [0.2, 0.25) is 0 Å². The molecular formula is C3H6O5S. The summed E-state index contributed by atoms with van der Waals surface area (Å²) in [6.45, 7) is 1.41. The summed E-state index contributed by atoms with van der Waals surface area (Å²) in [4.78, 5) is 10.1. The molecule has 0 fully saturated rings. The summed E-state index contributed by atoms with van der Waals surface area (Å²) >= 11 is 0. The first-order valence-corrected chi connectivity index (χ1v) is 3.52. The monoisotopic (exact) mass is 154 g/mol. The molecule has 0 heterocycles. The van der Waals surface area contributed by atoms with Crippen molar-refractivity contribution < 1.29 is 21.9 Å². The van der Waals surface area contributed by atoms with Gasteiger partial charge in [0.25, 0.3) is 0 Å². The molecule has 5 nitrogen and oxygen atoms in total. The van der Waals surface area contributed by atoms with Gasteiger partial charge in [0.05, 0.1) is 0 Å². The van der Waals surface area contributed by atoms with Gasteiger partial charge in [0.15, 0.2) is 0 Å². The maximum atomic E-state index is 10.1. The highest BCUT2D eigenvalue weighted by molar-refractivity contribution is 7.81. The van der Waals surface area contributed by atoms with Crippen LogP contribution in [0.25, 0.3) is 0 Å². The Bertz CT molecular complexity index is 190. The number of hydrogen-bond donors (Lipinski definition) is 1. The normalized spacial score (nSPS) is 10.9. The van der Waals surface area contributed by atoms with Crippen molar-refractivity contribution in [3.05, 3.63) is 0 Å². The van der Waals surface area contributed by atoms with E-state index in [4.69, 9.17) is 4.55 Å². The minimum Gasteiger partial charge on any atom is -0.325 e. The fourth-order valence-electron chi connectivity index (χ4n) is 0.176. The lowest BCUT2D eigenvalue weighted by Gasteiger charge is -1.93. The fourth-order valence-corrected chi connectivity index (χ4v) is 0.529. The fraction of sp³-hybridized carbons (Fsp3) is 0.667. The highest BCUT2D eigenvalue weighted by Gasteiger charge is 2.09. The van der Waals surface area contributed by atoms with Crippen LogP contribution in [0.4, 0.5) is 0 Å². The molecule has 0 aromatic heterocycles. The lowest BCUT2D eigenvalue weighted by atomic mass is 10.5. The molecule has 0 saturated carbocycles. The Labute approximate surface area is 52.6 Å². The first-order valence-electron chi connectivity index (χ1n) is 2.15. The molecule has 0 spiro atoms. The zero-order valence-corrected chi connectivity index (χ0v) is 5.51. The van der Waals surface area contributed by atoms with E-state index in [1.54, 1.807) is 0 Å². The van der Waals surface area contributed by atoms with Crippen molar-refractivity contribution in [2.75, 3.05) is 0 Å². The molecule has 6 heteroatoms. The maximum absolute atomic E-state index is 10.1. The van der Waals surface area contributed by atoms with Crippen molar-refractivity contribution in [3.63, 3.8) is 0 Å². The van der Waals surface area contributed by atoms with E-state index in [9.17, 15) is 13.2 Å². The van der Waals surface area contributed by atoms with E-state index in [0.717, 1.165) is 0 Å². The van der Waals surface area contributed by atoms with Crippen LogP contribution in [-0.2, 0) is 19.4 Å². The van der Waals surface area contributed by atoms with Gasteiger partial charge in [0.2, 0.25) is 0 Å². The summed E-state index contributed by atoms with van der Waals surface area (Å²) < 4.78 is 30.8. The quantitative estimate of drug-likeness (QED) is 0.554. The van der Waals surface area contributed by atoms with Crippen molar-refractivity contribution in [2.24, 2.45) is 0 Å². The second-order valence-electron chi connectivity index (χ2n) is 1.24. The molecule has 0 aliphatic carbocycles. The van der Waals surface area contributed by atoms with Crippen LogP contribution < -0.4 is 0 Å². The van der Waals surface area contributed by atoms with E-state index >= 15 is 0 Å². The van der Waals surface area contributed by atoms with Crippen LogP contribution in [0.1, 0.15) is 13.3 Å². The van der Waals surface area contributed by atoms with Crippen LogP contribution in [0, 0.1) is 0 Å². The first kappa shape index (κ1) is 8.38. The van der Waals surface area contributed by atoms with Gasteiger partial charge < -0.3 is 4.18 Å². The predicted molar refractivity (Wildman–Crippen MR) is 27.9 cm³/mol. The van der Waals surface area contributed by atoms with E-state index < -0.39 is 16.4 Å². The van der Waals surface area contributed by atoms with Gasteiger partial charge in [-0.1, -0.05) is 6.92 Å². The minimum atomic E-state index is -4.58. The Morgan fingerprint density at radius 1 is 1.67 bits per heavy atom. The van der Waals surface area contributed by atoms with E-state index in [2.05, 4.69) is 4.18 Å². The maximum Gasteiger partial charge on any atom is 0.448 e. The van der Waals surface area contributed by atoms with E-state index in [1.807, 2.05) is 0 Å². The number of carbonyl (C=O) groups is 1. The van der Waals surface area contributed by atoms with Gasteiger partial charge in [-0.05, 0) is 0 Å². The van der Waals surface area contributed by atoms with Crippen LogP contribution in [-0.4, -0.2) is 18.9 Å². The zero-order valence-electron chi connectivity index (χ0n) is 4.70.